The molecule has 0 N–H and O–H groups in total. The summed E-state index contributed by atoms with van der Waals surface area (Å²) in [6.45, 7) is 16.3. The van der Waals surface area contributed by atoms with Gasteiger partial charge >= 0.3 is 5.97 Å². The normalized spacial score (nSPS) is 15.0. The summed E-state index contributed by atoms with van der Waals surface area (Å²) in [4.78, 5) is 11.3. The Bertz CT molecular complexity index is 354. The molecule has 0 radical (unpaired) electrons. The van der Waals surface area contributed by atoms with Gasteiger partial charge in [-0.05, 0) is 50.2 Å². The third-order valence-corrected chi connectivity index (χ3v) is 9.04. The first-order valence-corrected chi connectivity index (χ1v) is 10.8. The average Bonchev–Trinajstić information content (AvgIpc) is 2.35. The monoisotopic (exact) mass is 314 g/mol. The Hall–Kier alpha value is -0.613. The maximum absolute atomic E-state index is 11.3. The highest BCUT2D eigenvalue weighted by Gasteiger charge is 2.36. The highest BCUT2D eigenvalue weighted by Crippen LogP contribution is 2.36. The van der Waals surface area contributed by atoms with Gasteiger partial charge in [-0.3, -0.25) is 0 Å². The lowest BCUT2D eigenvalue weighted by atomic mass is 10.0. The van der Waals surface area contributed by atoms with E-state index < -0.39 is 8.32 Å². The minimum absolute atomic E-state index is 0.232. The van der Waals surface area contributed by atoms with Crippen molar-refractivity contribution in [3.05, 3.63) is 11.6 Å². The molecular formula is C17H34O3Si. The van der Waals surface area contributed by atoms with E-state index in [9.17, 15) is 4.79 Å². The molecule has 4 heteroatoms. The zero-order valence-corrected chi connectivity index (χ0v) is 16.2. The van der Waals surface area contributed by atoms with E-state index in [2.05, 4.69) is 45.5 Å². The molecule has 0 aromatic rings. The van der Waals surface area contributed by atoms with Gasteiger partial charge in [0.05, 0.1) is 7.11 Å². The molecule has 0 heterocycles. The maximum Gasteiger partial charge on any atom is 0.333 e. The number of carbonyl (C=O) groups excluding carboxylic acids is 1. The van der Waals surface area contributed by atoms with Crippen LogP contribution in [0.3, 0.4) is 0 Å². The third kappa shape index (κ3) is 7.81. The molecule has 0 aliphatic heterocycles. The van der Waals surface area contributed by atoms with Crippen molar-refractivity contribution in [3.8, 4) is 0 Å². The molecule has 0 aromatic carbocycles. The van der Waals surface area contributed by atoms with Gasteiger partial charge < -0.3 is 9.16 Å². The molecule has 0 bridgehead atoms. The second-order valence-electron chi connectivity index (χ2n) is 7.46. The average molecular weight is 315 g/mol. The molecule has 3 nitrogen and oxygen atoms in total. The third-order valence-electron chi connectivity index (χ3n) is 4.50. The van der Waals surface area contributed by atoms with Crippen molar-refractivity contribution in [2.24, 2.45) is 5.92 Å². The fraction of sp³-hybridized carbons (Fsp3) is 0.824. The van der Waals surface area contributed by atoms with Crippen LogP contribution in [0.4, 0.5) is 0 Å². The first-order valence-electron chi connectivity index (χ1n) is 7.90. The predicted octanol–water partition coefficient (Wildman–Crippen LogP) is 4.93. The molecule has 0 aliphatic rings. The van der Waals surface area contributed by atoms with E-state index in [1.807, 2.05) is 6.08 Å². The number of ether oxygens (including phenoxy) is 1. The highest BCUT2D eigenvalue weighted by molar-refractivity contribution is 6.74. The smallest absolute Gasteiger partial charge is 0.333 e. The topological polar surface area (TPSA) is 35.5 Å². The fourth-order valence-corrected chi connectivity index (χ4v) is 2.77. The molecular weight excluding hydrogens is 280 g/mol. The predicted molar refractivity (Wildman–Crippen MR) is 91.9 cm³/mol. The Morgan fingerprint density at radius 3 is 2.29 bits per heavy atom. The Morgan fingerprint density at radius 1 is 1.24 bits per heavy atom. The van der Waals surface area contributed by atoms with Gasteiger partial charge in [0, 0.05) is 12.2 Å². The van der Waals surface area contributed by atoms with E-state index in [1.165, 1.54) is 7.11 Å². The second kappa shape index (κ2) is 8.74. The standard InChI is InChI=1S/C17H34O3Si/c1-14(10-9-11-15(2)16(18)19-6)12-13-20-21(7,8)17(3,4)5/h11,14H,9-10,12-13H2,1-8H3/b15-11-/t14-/m0/s1. The van der Waals surface area contributed by atoms with E-state index in [0.717, 1.165) is 25.9 Å². The Morgan fingerprint density at radius 2 is 1.81 bits per heavy atom. The van der Waals surface area contributed by atoms with Gasteiger partial charge in [0.25, 0.3) is 0 Å². The van der Waals surface area contributed by atoms with Crippen LogP contribution >= 0.6 is 0 Å². The fourth-order valence-electron chi connectivity index (χ4n) is 1.70. The van der Waals surface area contributed by atoms with E-state index >= 15 is 0 Å². The van der Waals surface area contributed by atoms with Crippen molar-refractivity contribution in [1.82, 2.24) is 0 Å². The number of carbonyl (C=O) groups is 1. The molecule has 0 aromatic heterocycles. The lowest BCUT2D eigenvalue weighted by molar-refractivity contribution is -0.136. The number of esters is 1. The van der Waals surface area contributed by atoms with Crippen molar-refractivity contribution in [2.45, 2.75) is 72.0 Å². The number of allylic oxidation sites excluding steroid dienone is 1. The van der Waals surface area contributed by atoms with Gasteiger partial charge in [-0.25, -0.2) is 4.79 Å². The van der Waals surface area contributed by atoms with Gasteiger partial charge in [0.15, 0.2) is 8.32 Å². The van der Waals surface area contributed by atoms with Gasteiger partial charge in [-0.15, -0.1) is 0 Å². The van der Waals surface area contributed by atoms with Crippen LogP contribution < -0.4 is 0 Å². The summed E-state index contributed by atoms with van der Waals surface area (Å²) in [5.74, 6) is 0.375. The molecule has 0 spiro atoms. The number of hydrogen-bond donors (Lipinski definition) is 0. The van der Waals surface area contributed by atoms with E-state index in [4.69, 9.17) is 4.43 Å². The summed E-state index contributed by atoms with van der Waals surface area (Å²) in [6.07, 6.45) is 5.05. The molecule has 21 heavy (non-hydrogen) atoms. The van der Waals surface area contributed by atoms with Crippen LogP contribution in [0.15, 0.2) is 11.6 Å². The summed E-state index contributed by atoms with van der Waals surface area (Å²) < 4.78 is 10.9. The molecule has 124 valence electrons. The SMILES string of the molecule is COC(=O)/C(C)=C\CC[C@H](C)CCO[Si](C)(C)C(C)(C)C. The maximum atomic E-state index is 11.3. The summed E-state index contributed by atoms with van der Waals surface area (Å²) in [7, 11) is -0.197. The second-order valence-corrected chi connectivity index (χ2v) is 12.3. The Kier molecular flexibility index (Phi) is 8.48. The molecule has 0 saturated heterocycles. The number of rotatable bonds is 8. The number of hydrogen-bond acceptors (Lipinski definition) is 3. The van der Waals surface area contributed by atoms with E-state index in [-0.39, 0.29) is 11.0 Å². The summed E-state index contributed by atoms with van der Waals surface area (Å²) in [5.41, 5.74) is 0.697. The summed E-state index contributed by atoms with van der Waals surface area (Å²) in [5, 5.41) is 0.274. The quantitative estimate of drug-likeness (QED) is 0.362. The van der Waals surface area contributed by atoms with Crippen LogP contribution in [0.2, 0.25) is 18.1 Å². The zero-order chi connectivity index (χ0) is 16.7. The van der Waals surface area contributed by atoms with Crippen LogP contribution in [-0.4, -0.2) is 28.0 Å². The summed E-state index contributed by atoms with van der Waals surface area (Å²) in [6, 6.07) is 0. The van der Waals surface area contributed by atoms with Crippen LogP contribution in [0, 0.1) is 5.92 Å². The molecule has 0 amide bonds. The minimum atomic E-state index is -1.61. The van der Waals surface area contributed by atoms with Crippen molar-refractivity contribution >= 4 is 14.3 Å². The van der Waals surface area contributed by atoms with Gasteiger partial charge in [-0.2, -0.15) is 0 Å². The van der Waals surface area contributed by atoms with Crippen molar-refractivity contribution in [3.63, 3.8) is 0 Å². The van der Waals surface area contributed by atoms with Gasteiger partial charge in [0.1, 0.15) is 0 Å². The van der Waals surface area contributed by atoms with Crippen LogP contribution in [-0.2, 0) is 14.0 Å². The van der Waals surface area contributed by atoms with Crippen LogP contribution in [0.1, 0.15) is 53.9 Å². The van der Waals surface area contributed by atoms with E-state index in [0.29, 0.717) is 11.5 Å². The van der Waals surface area contributed by atoms with Gasteiger partial charge in [0.2, 0.25) is 0 Å². The van der Waals surface area contributed by atoms with Crippen molar-refractivity contribution in [1.29, 1.82) is 0 Å². The first-order chi connectivity index (χ1) is 9.51. The summed E-state index contributed by atoms with van der Waals surface area (Å²) >= 11 is 0. The lowest BCUT2D eigenvalue weighted by Crippen LogP contribution is -2.41. The molecule has 1 atom stereocenters. The molecule has 0 fully saturated rings. The van der Waals surface area contributed by atoms with Crippen molar-refractivity contribution < 1.29 is 14.0 Å². The van der Waals surface area contributed by atoms with E-state index in [1.54, 1.807) is 6.92 Å². The number of methoxy groups -OCH3 is 1. The van der Waals surface area contributed by atoms with Gasteiger partial charge in [-0.1, -0.05) is 33.8 Å². The molecule has 0 aliphatic carbocycles. The molecule has 0 unspecified atom stereocenters. The largest absolute Gasteiger partial charge is 0.466 e. The van der Waals surface area contributed by atoms with Crippen LogP contribution in [0.5, 0.6) is 0 Å². The molecule has 0 saturated carbocycles. The van der Waals surface area contributed by atoms with Crippen molar-refractivity contribution in [2.75, 3.05) is 13.7 Å². The molecule has 0 rings (SSSR count). The zero-order valence-electron chi connectivity index (χ0n) is 15.2. The first kappa shape index (κ1) is 20.4. The Balaban J connectivity index is 4.03. The highest BCUT2D eigenvalue weighted by atomic mass is 28.4. The lowest BCUT2D eigenvalue weighted by Gasteiger charge is -2.36. The Labute approximate surface area is 132 Å². The minimum Gasteiger partial charge on any atom is -0.466 e. The van der Waals surface area contributed by atoms with Crippen LogP contribution in [0.25, 0.3) is 0 Å².